The van der Waals surface area contributed by atoms with Crippen molar-refractivity contribution in [3.63, 3.8) is 0 Å². The molecule has 0 aliphatic carbocycles. The monoisotopic (exact) mass is 590 g/mol. The molecule has 2 N–H and O–H groups in total. The van der Waals surface area contributed by atoms with Crippen LogP contribution in [0.5, 0.6) is 5.75 Å². The molecule has 1 fully saturated rings. The van der Waals surface area contributed by atoms with Crippen molar-refractivity contribution in [2.75, 3.05) is 15.4 Å². The molecule has 2 aliphatic heterocycles. The van der Waals surface area contributed by atoms with Gasteiger partial charge in [-0.05, 0) is 0 Å². The van der Waals surface area contributed by atoms with Crippen molar-refractivity contribution in [3.8, 4) is 11.8 Å². The minimum absolute atomic E-state index is 0.0288. The van der Waals surface area contributed by atoms with Crippen LogP contribution < -0.4 is 10.5 Å². The Morgan fingerprint density at radius 1 is 1.48 bits per heavy atom. The zero-order chi connectivity index (χ0) is 19.4. The van der Waals surface area contributed by atoms with Gasteiger partial charge in [0.1, 0.15) is 0 Å². The van der Waals surface area contributed by atoms with Gasteiger partial charge in [0.25, 0.3) is 0 Å². The number of rotatable bonds is 5. The number of benzene rings is 1. The van der Waals surface area contributed by atoms with Gasteiger partial charge in [0, 0.05) is 0 Å². The van der Waals surface area contributed by atoms with Crippen LogP contribution in [0.1, 0.15) is 31.4 Å². The summed E-state index contributed by atoms with van der Waals surface area (Å²) in [5.41, 5.74) is 8.32. The summed E-state index contributed by atoms with van der Waals surface area (Å²) >= 11 is -1.56. The quantitative estimate of drug-likeness (QED) is 0.314. The van der Waals surface area contributed by atoms with Gasteiger partial charge in [-0.2, -0.15) is 0 Å². The molecule has 2 heterocycles. The van der Waals surface area contributed by atoms with Gasteiger partial charge in [0.15, 0.2) is 0 Å². The Labute approximate surface area is 178 Å². The first-order valence-electron chi connectivity index (χ1n) is 8.92. The second-order valence-corrected chi connectivity index (χ2v) is 15.5. The van der Waals surface area contributed by atoms with Crippen molar-refractivity contribution in [2.45, 2.75) is 26.4 Å². The predicted octanol–water partition coefficient (Wildman–Crippen LogP) is 4.41. The van der Waals surface area contributed by atoms with E-state index in [0.29, 0.717) is 21.0 Å². The molecule has 0 saturated carbocycles. The summed E-state index contributed by atoms with van der Waals surface area (Å²) in [6, 6.07) is 8.17. The number of hydrogen-bond donors (Lipinski definition) is 1. The fourth-order valence-electron chi connectivity index (χ4n) is 3.20. The Balaban J connectivity index is 1.75. The SMILES string of the molecule is CC1=CC(c2ccc(O[C@H]3CCI(C(=O)CN)C[C@H]3C)c(C#N)c2)=CC=I1. The van der Waals surface area contributed by atoms with Crippen molar-refractivity contribution < 1.29 is 9.53 Å². The van der Waals surface area contributed by atoms with E-state index in [1.807, 2.05) is 18.2 Å². The molecule has 3 rings (SSSR count). The molecule has 1 aromatic rings. The molecule has 1 saturated heterocycles. The Bertz CT molecular complexity index is 867. The summed E-state index contributed by atoms with van der Waals surface area (Å²) in [7, 11) is 0. The van der Waals surface area contributed by atoms with Crippen LogP contribution in [-0.2, 0) is 4.79 Å². The van der Waals surface area contributed by atoms with Gasteiger partial charge in [0.2, 0.25) is 0 Å². The molecule has 0 amide bonds. The molecule has 0 spiro atoms. The third kappa shape index (κ3) is 5.06. The number of nitriles is 1. The van der Waals surface area contributed by atoms with E-state index in [4.69, 9.17) is 10.5 Å². The van der Waals surface area contributed by atoms with Crippen LogP contribution in [-0.4, -0.2) is 29.3 Å². The number of ether oxygens (including phenoxy) is 1. The Morgan fingerprint density at radius 3 is 2.96 bits per heavy atom. The fourth-order valence-corrected chi connectivity index (χ4v) is 10.6. The van der Waals surface area contributed by atoms with Gasteiger partial charge in [-0.25, -0.2) is 0 Å². The van der Waals surface area contributed by atoms with E-state index in [9.17, 15) is 10.1 Å². The molecule has 0 radical (unpaired) electrons. The van der Waals surface area contributed by atoms with E-state index in [1.54, 1.807) is 0 Å². The normalized spacial score (nSPS) is 23.6. The van der Waals surface area contributed by atoms with Crippen molar-refractivity contribution in [3.05, 3.63) is 45.1 Å². The summed E-state index contributed by atoms with van der Waals surface area (Å²) in [6.07, 6.45) is 5.32. The zero-order valence-electron chi connectivity index (χ0n) is 15.5. The van der Waals surface area contributed by atoms with Gasteiger partial charge in [0.05, 0.1) is 0 Å². The molecule has 2 atom stereocenters. The number of hydrogen-bond acceptors (Lipinski definition) is 4. The Kier molecular flexibility index (Phi) is 7.22. The first kappa shape index (κ1) is 20.7. The molecule has 0 unspecified atom stereocenters. The minimum atomic E-state index is -1.59. The molecule has 0 bridgehead atoms. The molecule has 4 nitrogen and oxygen atoms in total. The third-order valence-corrected chi connectivity index (χ3v) is 13.2. The van der Waals surface area contributed by atoms with Crippen LogP contribution in [0.2, 0.25) is 0 Å². The maximum absolute atomic E-state index is 11.9. The van der Waals surface area contributed by atoms with Crippen LogP contribution in [0, 0.1) is 17.2 Å². The molecule has 6 heteroatoms. The molecular formula is C21H24I2N2O2. The number of allylic oxidation sites excluding steroid dienone is 4. The van der Waals surface area contributed by atoms with Gasteiger partial charge in [-0.1, -0.05) is 0 Å². The number of carbonyl (C=O) groups is 1. The van der Waals surface area contributed by atoms with Crippen LogP contribution in [0.4, 0.5) is 0 Å². The maximum atomic E-state index is 11.9. The summed E-state index contributed by atoms with van der Waals surface area (Å²) in [5, 5.41) is 9.62. The fraction of sp³-hybridized carbons (Fsp3) is 0.381. The van der Waals surface area contributed by atoms with Crippen LogP contribution >= 0.6 is 40.6 Å². The van der Waals surface area contributed by atoms with Crippen molar-refractivity contribution in [1.82, 2.24) is 0 Å². The number of nitrogens with two attached hydrogens (primary N) is 1. The van der Waals surface area contributed by atoms with Crippen LogP contribution in [0.25, 0.3) is 5.57 Å². The van der Waals surface area contributed by atoms with Crippen LogP contribution in [0.15, 0.2) is 33.9 Å². The molecule has 2 aliphatic rings. The molecular weight excluding hydrogens is 566 g/mol. The molecule has 27 heavy (non-hydrogen) atoms. The van der Waals surface area contributed by atoms with Crippen molar-refractivity contribution in [2.24, 2.45) is 11.7 Å². The summed E-state index contributed by atoms with van der Waals surface area (Å²) in [6.45, 7) is 4.50. The second-order valence-electron chi connectivity index (χ2n) is 6.69. The van der Waals surface area contributed by atoms with E-state index in [0.717, 1.165) is 26.4 Å². The standard InChI is InChI=1S/C21H24I2N2O2/c1-14-11-23(21(26)13-25)8-6-19(14)27-20-4-3-16(10-18(20)12-24)17-5-7-22-15(2)9-17/h3-5,7,9-10,14,19H,6,8,11,13,25H2,1-2H3/t14-,19+/m1/s1. The third-order valence-electron chi connectivity index (χ3n) is 4.69. The molecule has 1 aromatic carbocycles. The molecule has 144 valence electrons. The number of carbonyl (C=O) groups excluding carboxylic acids is 1. The second kappa shape index (κ2) is 9.43. The first-order valence-corrected chi connectivity index (χ1v) is 15.4. The average Bonchev–Trinajstić information content (AvgIpc) is 2.69. The molecule has 0 aromatic heterocycles. The average molecular weight is 590 g/mol. The van der Waals surface area contributed by atoms with E-state index >= 15 is 0 Å². The first-order chi connectivity index (χ1) is 13.0. The van der Waals surface area contributed by atoms with E-state index in [2.05, 4.69) is 36.1 Å². The van der Waals surface area contributed by atoms with Gasteiger partial charge >= 0.3 is 179 Å². The number of nitrogens with zero attached hydrogens (tertiary/aromatic N) is 1. The van der Waals surface area contributed by atoms with Crippen molar-refractivity contribution >= 4 is 53.9 Å². The summed E-state index contributed by atoms with van der Waals surface area (Å²) in [4.78, 5) is 11.9. The van der Waals surface area contributed by atoms with E-state index < -0.39 is 19.8 Å². The van der Waals surface area contributed by atoms with Crippen molar-refractivity contribution in [1.29, 1.82) is 5.26 Å². The Hall–Kier alpha value is -1.05. The number of alkyl halides is 2. The van der Waals surface area contributed by atoms with E-state index in [-0.39, 0.29) is 33.4 Å². The Morgan fingerprint density at radius 2 is 2.30 bits per heavy atom. The topological polar surface area (TPSA) is 76.1 Å². The van der Waals surface area contributed by atoms with Crippen LogP contribution in [0.3, 0.4) is 0 Å². The van der Waals surface area contributed by atoms with Gasteiger partial charge in [-0.15, -0.1) is 0 Å². The van der Waals surface area contributed by atoms with Gasteiger partial charge < -0.3 is 0 Å². The summed E-state index contributed by atoms with van der Waals surface area (Å²) in [5.74, 6) is 0.981. The predicted molar refractivity (Wildman–Crippen MR) is 129 cm³/mol. The van der Waals surface area contributed by atoms with Gasteiger partial charge in [-0.3, -0.25) is 0 Å². The van der Waals surface area contributed by atoms with E-state index in [1.165, 1.54) is 3.58 Å². The zero-order valence-corrected chi connectivity index (χ0v) is 19.9. The number of halogens is 2. The summed E-state index contributed by atoms with van der Waals surface area (Å²) < 4.78 is 12.1.